The van der Waals surface area contributed by atoms with Crippen LogP contribution in [0.5, 0.6) is 5.75 Å². The van der Waals surface area contributed by atoms with Gasteiger partial charge in [0, 0.05) is 6.04 Å². The molecule has 0 fully saturated rings. The Morgan fingerprint density at radius 3 is 2.71 bits per heavy atom. The predicted octanol–water partition coefficient (Wildman–Crippen LogP) is 1.40. The van der Waals surface area contributed by atoms with Gasteiger partial charge in [0.25, 0.3) is 5.91 Å². The third-order valence-corrected chi connectivity index (χ3v) is 3.16. The summed E-state index contributed by atoms with van der Waals surface area (Å²) in [5, 5.41) is 12.0. The molecule has 5 heteroatoms. The summed E-state index contributed by atoms with van der Waals surface area (Å²) in [5.41, 5.74) is 0.763. The first-order valence-corrected chi connectivity index (χ1v) is 7.24. The SMILES string of the molecule is CC(CCN(C)C)NC(=O)C(C)Oc1cccc(CO)c1. The lowest BCUT2D eigenvalue weighted by atomic mass is 10.2. The topological polar surface area (TPSA) is 61.8 Å². The highest BCUT2D eigenvalue weighted by Crippen LogP contribution is 2.15. The van der Waals surface area contributed by atoms with Crippen molar-refractivity contribution in [3.63, 3.8) is 0 Å². The summed E-state index contributed by atoms with van der Waals surface area (Å²) >= 11 is 0. The van der Waals surface area contributed by atoms with Crippen LogP contribution in [0.25, 0.3) is 0 Å². The van der Waals surface area contributed by atoms with Gasteiger partial charge in [-0.2, -0.15) is 0 Å². The van der Waals surface area contributed by atoms with E-state index < -0.39 is 6.10 Å². The fourth-order valence-corrected chi connectivity index (χ4v) is 1.86. The van der Waals surface area contributed by atoms with Gasteiger partial charge >= 0.3 is 0 Å². The van der Waals surface area contributed by atoms with Crippen molar-refractivity contribution >= 4 is 5.91 Å². The monoisotopic (exact) mass is 294 g/mol. The average molecular weight is 294 g/mol. The quantitative estimate of drug-likeness (QED) is 0.761. The number of carbonyl (C=O) groups excluding carboxylic acids is 1. The zero-order valence-corrected chi connectivity index (χ0v) is 13.3. The molecule has 0 aliphatic heterocycles. The maximum Gasteiger partial charge on any atom is 0.260 e. The minimum atomic E-state index is -0.569. The van der Waals surface area contributed by atoms with Crippen LogP contribution in [0.4, 0.5) is 0 Å². The first-order chi connectivity index (χ1) is 9.92. The van der Waals surface area contributed by atoms with Gasteiger partial charge in [-0.1, -0.05) is 12.1 Å². The second-order valence-electron chi connectivity index (χ2n) is 5.57. The molecule has 118 valence electrons. The predicted molar refractivity (Wildman–Crippen MR) is 83.2 cm³/mol. The first kappa shape index (κ1) is 17.5. The standard InChI is InChI=1S/C16H26N2O3/c1-12(8-9-18(3)4)17-16(20)13(2)21-15-7-5-6-14(10-15)11-19/h5-7,10,12-13,19H,8-9,11H2,1-4H3,(H,17,20). The highest BCUT2D eigenvalue weighted by molar-refractivity contribution is 5.80. The molecule has 0 saturated carbocycles. The van der Waals surface area contributed by atoms with Crippen LogP contribution in [-0.2, 0) is 11.4 Å². The van der Waals surface area contributed by atoms with E-state index in [2.05, 4.69) is 10.2 Å². The Morgan fingerprint density at radius 2 is 2.10 bits per heavy atom. The van der Waals surface area contributed by atoms with Gasteiger partial charge in [0.1, 0.15) is 5.75 Å². The van der Waals surface area contributed by atoms with Crippen LogP contribution in [0, 0.1) is 0 Å². The molecule has 0 radical (unpaired) electrons. The summed E-state index contributed by atoms with van der Waals surface area (Å²) in [6.07, 6.45) is 0.326. The van der Waals surface area contributed by atoms with Gasteiger partial charge in [0.2, 0.25) is 0 Å². The summed E-state index contributed by atoms with van der Waals surface area (Å²) in [6, 6.07) is 7.22. The lowest BCUT2D eigenvalue weighted by Gasteiger charge is -2.20. The molecule has 0 aliphatic carbocycles. The van der Waals surface area contributed by atoms with E-state index >= 15 is 0 Å². The lowest BCUT2D eigenvalue weighted by molar-refractivity contribution is -0.127. The number of aliphatic hydroxyl groups excluding tert-OH is 1. The van der Waals surface area contributed by atoms with Crippen LogP contribution in [0.3, 0.4) is 0 Å². The van der Waals surface area contributed by atoms with E-state index in [0.717, 1.165) is 18.5 Å². The Bertz CT molecular complexity index is 449. The molecule has 0 aliphatic rings. The Labute approximate surface area is 126 Å². The number of ether oxygens (including phenoxy) is 1. The summed E-state index contributed by atoms with van der Waals surface area (Å²) in [5.74, 6) is 0.459. The van der Waals surface area contributed by atoms with Gasteiger partial charge in [-0.25, -0.2) is 0 Å². The molecule has 2 atom stereocenters. The molecule has 2 unspecified atom stereocenters. The van der Waals surface area contributed by atoms with Crippen molar-refractivity contribution in [2.45, 2.75) is 39.0 Å². The smallest absolute Gasteiger partial charge is 0.260 e. The largest absolute Gasteiger partial charge is 0.481 e. The van der Waals surface area contributed by atoms with Gasteiger partial charge < -0.3 is 20.1 Å². The van der Waals surface area contributed by atoms with E-state index in [1.807, 2.05) is 21.0 Å². The molecule has 1 aromatic rings. The number of nitrogens with one attached hydrogen (secondary N) is 1. The zero-order chi connectivity index (χ0) is 15.8. The minimum absolute atomic E-state index is 0.0423. The number of hydrogen-bond acceptors (Lipinski definition) is 4. The van der Waals surface area contributed by atoms with E-state index in [4.69, 9.17) is 9.84 Å². The Morgan fingerprint density at radius 1 is 1.38 bits per heavy atom. The van der Waals surface area contributed by atoms with E-state index in [1.165, 1.54) is 0 Å². The van der Waals surface area contributed by atoms with E-state index in [1.54, 1.807) is 31.2 Å². The molecule has 5 nitrogen and oxygen atoms in total. The van der Waals surface area contributed by atoms with Crippen molar-refractivity contribution in [2.24, 2.45) is 0 Å². The van der Waals surface area contributed by atoms with Gasteiger partial charge in [0.05, 0.1) is 6.61 Å². The molecule has 21 heavy (non-hydrogen) atoms. The Hall–Kier alpha value is -1.59. The number of rotatable bonds is 8. The number of amides is 1. The molecule has 0 bridgehead atoms. The van der Waals surface area contributed by atoms with Gasteiger partial charge in [0.15, 0.2) is 6.10 Å². The molecule has 0 heterocycles. The molecule has 1 aromatic carbocycles. The zero-order valence-electron chi connectivity index (χ0n) is 13.3. The molecule has 2 N–H and O–H groups in total. The van der Waals surface area contributed by atoms with Crippen molar-refractivity contribution < 1.29 is 14.6 Å². The van der Waals surface area contributed by atoms with Crippen LogP contribution < -0.4 is 10.1 Å². The van der Waals surface area contributed by atoms with Crippen molar-refractivity contribution in [1.29, 1.82) is 0 Å². The third-order valence-electron chi connectivity index (χ3n) is 3.16. The Kier molecular flexibility index (Phi) is 7.19. The maximum absolute atomic E-state index is 12.1. The summed E-state index contributed by atoms with van der Waals surface area (Å²) in [7, 11) is 4.02. The number of carbonyl (C=O) groups is 1. The molecule has 0 saturated heterocycles. The number of hydrogen-bond donors (Lipinski definition) is 2. The normalized spacial score (nSPS) is 13.8. The van der Waals surface area contributed by atoms with Crippen molar-refractivity contribution in [1.82, 2.24) is 10.2 Å². The van der Waals surface area contributed by atoms with Crippen molar-refractivity contribution in [2.75, 3.05) is 20.6 Å². The average Bonchev–Trinajstić information content (AvgIpc) is 2.45. The second kappa shape index (κ2) is 8.64. The number of aliphatic hydroxyl groups is 1. The van der Waals surface area contributed by atoms with Crippen LogP contribution in [0.15, 0.2) is 24.3 Å². The lowest BCUT2D eigenvalue weighted by Crippen LogP contribution is -2.42. The van der Waals surface area contributed by atoms with Crippen LogP contribution >= 0.6 is 0 Å². The number of benzene rings is 1. The summed E-state index contributed by atoms with van der Waals surface area (Å²) < 4.78 is 5.61. The molecular weight excluding hydrogens is 268 g/mol. The fourth-order valence-electron chi connectivity index (χ4n) is 1.86. The maximum atomic E-state index is 12.1. The minimum Gasteiger partial charge on any atom is -0.481 e. The van der Waals surface area contributed by atoms with Gasteiger partial charge in [-0.15, -0.1) is 0 Å². The molecule has 0 spiro atoms. The van der Waals surface area contributed by atoms with Gasteiger partial charge in [-0.3, -0.25) is 4.79 Å². The van der Waals surface area contributed by atoms with E-state index in [0.29, 0.717) is 5.75 Å². The van der Waals surface area contributed by atoms with E-state index in [9.17, 15) is 4.79 Å². The third kappa shape index (κ3) is 6.60. The highest BCUT2D eigenvalue weighted by Gasteiger charge is 2.17. The van der Waals surface area contributed by atoms with Crippen molar-refractivity contribution in [3.05, 3.63) is 29.8 Å². The van der Waals surface area contributed by atoms with Gasteiger partial charge in [-0.05, 0) is 58.6 Å². The first-order valence-electron chi connectivity index (χ1n) is 7.24. The van der Waals surface area contributed by atoms with Crippen LogP contribution in [-0.4, -0.2) is 48.7 Å². The Balaban J connectivity index is 2.46. The summed E-state index contributed by atoms with van der Waals surface area (Å²) in [6.45, 7) is 4.59. The van der Waals surface area contributed by atoms with Crippen LogP contribution in [0.1, 0.15) is 25.8 Å². The molecule has 1 rings (SSSR count). The molecule has 1 amide bonds. The summed E-state index contributed by atoms with van der Waals surface area (Å²) in [4.78, 5) is 14.1. The fraction of sp³-hybridized carbons (Fsp3) is 0.562. The second-order valence-corrected chi connectivity index (χ2v) is 5.57. The molecular formula is C16H26N2O3. The van der Waals surface area contributed by atoms with Crippen LogP contribution in [0.2, 0.25) is 0 Å². The molecule has 0 aromatic heterocycles. The highest BCUT2D eigenvalue weighted by atomic mass is 16.5. The number of nitrogens with zero attached hydrogens (tertiary/aromatic N) is 1. The van der Waals surface area contributed by atoms with E-state index in [-0.39, 0.29) is 18.6 Å². The van der Waals surface area contributed by atoms with Crippen molar-refractivity contribution in [3.8, 4) is 5.75 Å².